The van der Waals surface area contributed by atoms with Crippen LogP contribution in [0.5, 0.6) is 0 Å². The van der Waals surface area contributed by atoms with Gasteiger partial charge in [-0.1, -0.05) is 42.5 Å². The molecule has 1 atom stereocenters. The molecule has 0 aromatic heterocycles. The van der Waals surface area contributed by atoms with Crippen molar-refractivity contribution in [2.24, 2.45) is 11.5 Å². The van der Waals surface area contributed by atoms with E-state index in [0.717, 1.165) is 0 Å². The van der Waals surface area contributed by atoms with Crippen molar-refractivity contribution in [1.29, 1.82) is 0 Å². The fraction of sp³-hybridized carbons (Fsp3) is 0.348. The summed E-state index contributed by atoms with van der Waals surface area (Å²) in [5, 5.41) is 2.53. The molecule has 0 aliphatic carbocycles. The Labute approximate surface area is 185 Å². The van der Waals surface area contributed by atoms with Crippen LogP contribution in [-0.2, 0) is 16.0 Å². The maximum atomic E-state index is 14.2. The van der Waals surface area contributed by atoms with E-state index in [1.54, 1.807) is 26.8 Å². The Morgan fingerprint density at radius 1 is 0.969 bits per heavy atom. The van der Waals surface area contributed by atoms with E-state index in [-0.39, 0.29) is 5.56 Å². The molecule has 9 heteroatoms. The number of anilines is 1. The first-order valence-electron chi connectivity index (χ1n) is 9.89. The van der Waals surface area contributed by atoms with Crippen LogP contribution < -0.4 is 16.8 Å². The van der Waals surface area contributed by atoms with Gasteiger partial charge in [0.1, 0.15) is 11.1 Å². The minimum absolute atomic E-state index is 0.0272. The Bertz CT molecular complexity index is 973. The number of alkyl halides is 2. The lowest BCUT2D eigenvalue weighted by molar-refractivity contribution is -0.145. The summed E-state index contributed by atoms with van der Waals surface area (Å²) >= 11 is 0. The van der Waals surface area contributed by atoms with Gasteiger partial charge in [0, 0.05) is 17.7 Å². The van der Waals surface area contributed by atoms with Gasteiger partial charge < -0.3 is 16.2 Å². The van der Waals surface area contributed by atoms with Crippen molar-refractivity contribution in [3.63, 3.8) is 0 Å². The molecule has 0 spiro atoms. The fourth-order valence-electron chi connectivity index (χ4n) is 2.98. The van der Waals surface area contributed by atoms with Gasteiger partial charge in [0.05, 0.1) is 6.54 Å². The van der Waals surface area contributed by atoms with Gasteiger partial charge in [0.2, 0.25) is 5.78 Å². The third kappa shape index (κ3) is 6.18. The third-order valence-corrected chi connectivity index (χ3v) is 4.52. The summed E-state index contributed by atoms with van der Waals surface area (Å²) in [6.45, 7) is 3.88. The summed E-state index contributed by atoms with van der Waals surface area (Å²) in [6.07, 6.45) is -1.16. The molecule has 0 heterocycles. The summed E-state index contributed by atoms with van der Waals surface area (Å²) in [5.74, 6) is -6.67. The van der Waals surface area contributed by atoms with Gasteiger partial charge in [0.15, 0.2) is 5.78 Å². The second-order valence-corrected chi connectivity index (χ2v) is 8.40. The van der Waals surface area contributed by atoms with Crippen molar-refractivity contribution in [3.8, 4) is 0 Å². The lowest BCUT2D eigenvalue weighted by Gasteiger charge is -2.30. The van der Waals surface area contributed by atoms with E-state index in [1.807, 2.05) is 0 Å². The molecule has 0 saturated heterocycles. The summed E-state index contributed by atoms with van der Waals surface area (Å²) in [4.78, 5) is 37.5. The highest BCUT2D eigenvalue weighted by molar-refractivity contribution is 6.20. The Kier molecular flexibility index (Phi) is 7.48. The maximum Gasteiger partial charge on any atom is 0.412 e. The molecular formula is C23H27F2N3O4. The zero-order chi connectivity index (χ0) is 24.2. The quantitative estimate of drug-likeness (QED) is 0.421. The van der Waals surface area contributed by atoms with Crippen molar-refractivity contribution >= 4 is 23.3 Å². The third-order valence-electron chi connectivity index (χ3n) is 4.52. The molecule has 32 heavy (non-hydrogen) atoms. The molecule has 0 aliphatic rings. The number of carbonyl (C=O) groups excluding carboxylic acids is 3. The zero-order valence-electron chi connectivity index (χ0n) is 18.2. The molecule has 1 amide bonds. The lowest BCUT2D eigenvalue weighted by Crippen LogP contribution is -2.63. The van der Waals surface area contributed by atoms with E-state index >= 15 is 0 Å². The summed E-state index contributed by atoms with van der Waals surface area (Å²) < 4.78 is 33.5. The topological polar surface area (TPSA) is 125 Å². The fourth-order valence-corrected chi connectivity index (χ4v) is 2.98. The van der Waals surface area contributed by atoms with Crippen LogP contribution in [0.2, 0.25) is 0 Å². The molecule has 2 aromatic carbocycles. The normalized spacial score (nSPS) is 13.7. The number of nitrogens with one attached hydrogen (secondary N) is 1. The Hall–Kier alpha value is -3.17. The molecular weight excluding hydrogens is 420 g/mol. The van der Waals surface area contributed by atoms with Crippen LogP contribution in [0, 0.1) is 0 Å². The lowest BCUT2D eigenvalue weighted by atomic mass is 9.78. The number of halogens is 2. The number of ether oxygens (including phenoxy) is 1. The SMILES string of the molecule is CC(C)(C)OC(=O)Nc1ccc(CC(N)(C(=O)c2ccccc2)C(=O)C(F)(F)CN)cc1. The standard InChI is InChI=1S/C23H27F2N3O4/c1-21(2,3)32-20(31)28-17-11-9-15(10-12-17)13-22(27,19(30)23(24,25)14-26)18(29)16-7-5-4-6-8-16/h4-12H,13-14,26-27H2,1-3H3,(H,28,31). The average molecular weight is 447 g/mol. The summed E-state index contributed by atoms with van der Waals surface area (Å²) in [7, 11) is 0. The van der Waals surface area contributed by atoms with Crippen LogP contribution in [0.25, 0.3) is 0 Å². The van der Waals surface area contributed by atoms with Gasteiger partial charge in [-0.05, 0) is 38.5 Å². The molecule has 1 unspecified atom stereocenters. The highest BCUT2D eigenvalue weighted by Crippen LogP contribution is 2.27. The van der Waals surface area contributed by atoms with Crippen LogP contribution in [0.15, 0.2) is 54.6 Å². The van der Waals surface area contributed by atoms with Gasteiger partial charge in [-0.15, -0.1) is 0 Å². The minimum Gasteiger partial charge on any atom is -0.444 e. The molecule has 0 radical (unpaired) electrons. The van der Waals surface area contributed by atoms with Crippen molar-refractivity contribution < 1.29 is 27.9 Å². The van der Waals surface area contributed by atoms with Crippen LogP contribution in [0.1, 0.15) is 36.7 Å². The van der Waals surface area contributed by atoms with Crippen molar-refractivity contribution in [3.05, 3.63) is 65.7 Å². The van der Waals surface area contributed by atoms with Crippen LogP contribution in [-0.4, -0.2) is 41.3 Å². The first kappa shape index (κ1) is 25.1. The Morgan fingerprint density at radius 3 is 2.03 bits per heavy atom. The number of benzene rings is 2. The number of amides is 1. The van der Waals surface area contributed by atoms with Crippen molar-refractivity contribution in [2.75, 3.05) is 11.9 Å². The Morgan fingerprint density at radius 2 is 1.53 bits per heavy atom. The first-order valence-corrected chi connectivity index (χ1v) is 9.89. The predicted octanol–water partition coefficient (Wildman–Crippen LogP) is 3.32. The van der Waals surface area contributed by atoms with Crippen molar-refractivity contribution in [2.45, 2.75) is 44.3 Å². The molecule has 2 rings (SSSR count). The predicted molar refractivity (Wildman–Crippen MR) is 117 cm³/mol. The van der Waals surface area contributed by atoms with Crippen molar-refractivity contribution in [1.82, 2.24) is 0 Å². The molecule has 0 saturated carbocycles. The maximum absolute atomic E-state index is 14.2. The van der Waals surface area contributed by atoms with Crippen LogP contribution in [0.3, 0.4) is 0 Å². The molecule has 5 N–H and O–H groups in total. The van der Waals surface area contributed by atoms with Gasteiger partial charge in [-0.3, -0.25) is 14.9 Å². The molecule has 172 valence electrons. The van der Waals surface area contributed by atoms with E-state index in [0.29, 0.717) is 11.3 Å². The average Bonchev–Trinajstić information content (AvgIpc) is 2.73. The number of ketones is 2. The Balaban J connectivity index is 2.31. The van der Waals surface area contributed by atoms with Gasteiger partial charge in [-0.25, -0.2) is 4.79 Å². The van der Waals surface area contributed by atoms with Crippen LogP contribution >= 0.6 is 0 Å². The van der Waals surface area contributed by atoms with E-state index in [2.05, 4.69) is 5.32 Å². The second kappa shape index (κ2) is 9.54. The number of nitrogens with two attached hydrogens (primary N) is 2. The van der Waals surface area contributed by atoms with E-state index in [1.165, 1.54) is 48.5 Å². The number of carbonyl (C=O) groups is 3. The van der Waals surface area contributed by atoms with Gasteiger partial charge in [-0.2, -0.15) is 8.78 Å². The molecule has 0 fully saturated rings. The highest BCUT2D eigenvalue weighted by atomic mass is 19.3. The molecule has 7 nitrogen and oxygen atoms in total. The van der Waals surface area contributed by atoms with E-state index < -0.39 is 47.7 Å². The summed E-state index contributed by atoms with van der Waals surface area (Å²) in [6, 6.07) is 13.4. The number of Topliss-reactive ketones (excluding diaryl/α,β-unsaturated/α-hetero) is 2. The first-order chi connectivity index (χ1) is 14.8. The monoisotopic (exact) mass is 447 g/mol. The van der Waals surface area contributed by atoms with E-state index in [4.69, 9.17) is 16.2 Å². The zero-order valence-corrected chi connectivity index (χ0v) is 18.2. The second-order valence-electron chi connectivity index (χ2n) is 8.40. The highest BCUT2D eigenvalue weighted by Gasteiger charge is 2.53. The molecule has 0 aliphatic heterocycles. The van der Waals surface area contributed by atoms with Gasteiger partial charge >= 0.3 is 12.0 Å². The summed E-state index contributed by atoms with van der Waals surface area (Å²) in [5.41, 5.74) is 8.65. The number of hydrogen-bond acceptors (Lipinski definition) is 6. The molecule has 2 aromatic rings. The largest absolute Gasteiger partial charge is 0.444 e. The molecule has 0 bridgehead atoms. The van der Waals surface area contributed by atoms with Gasteiger partial charge in [0.25, 0.3) is 0 Å². The number of hydrogen-bond donors (Lipinski definition) is 3. The van der Waals surface area contributed by atoms with E-state index in [9.17, 15) is 23.2 Å². The number of rotatable bonds is 8. The minimum atomic E-state index is -3.97. The van der Waals surface area contributed by atoms with Crippen LogP contribution in [0.4, 0.5) is 19.3 Å². The smallest absolute Gasteiger partial charge is 0.412 e.